The molecule has 0 N–H and O–H groups in total. The standard InChI is InChI=1S/C17H20BrNO4S/c1-12-9-15(7-8-16(12)18)24(20,21)19(2)11-13-5-6-14(22-3)10-17(13)23-4/h5-10H,11H2,1-4H3. The molecule has 0 spiro atoms. The van der Waals surface area contributed by atoms with Crippen LogP contribution in [0.5, 0.6) is 11.5 Å². The number of sulfonamides is 1. The van der Waals surface area contributed by atoms with Crippen LogP contribution in [-0.4, -0.2) is 34.0 Å². The van der Waals surface area contributed by atoms with E-state index < -0.39 is 10.0 Å². The van der Waals surface area contributed by atoms with Gasteiger partial charge in [0.15, 0.2) is 0 Å². The molecule has 0 aromatic heterocycles. The van der Waals surface area contributed by atoms with Gasteiger partial charge in [-0.3, -0.25) is 0 Å². The Hall–Kier alpha value is -1.57. The summed E-state index contributed by atoms with van der Waals surface area (Å²) < 4.78 is 38.2. The van der Waals surface area contributed by atoms with Crippen molar-refractivity contribution in [3.8, 4) is 11.5 Å². The smallest absolute Gasteiger partial charge is 0.243 e. The maximum Gasteiger partial charge on any atom is 0.243 e. The molecule has 0 saturated heterocycles. The molecule has 0 heterocycles. The van der Waals surface area contributed by atoms with Crippen molar-refractivity contribution in [3.63, 3.8) is 0 Å². The highest BCUT2D eigenvalue weighted by atomic mass is 79.9. The first-order chi connectivity index (χ1) is 11.3. The van der Waals surface area contributed by atoms with Gasteiger partial charge in [0.25, 0.3) is 0 Å². The molecular formula is C17H20BrNO4S. The summed E-state index contributed by atoms with van der Waals surface area (Å²) >= 11 is 3.38. The molecule has 0 aliphatic rings. The highest BCUT2D eigenvalue weighted by Crippen LogP contribution is 2.28. The molecule has 0 fully saturated rings. The summed E-state index contributed by atoms with van der Waals surface area (Å²) in [7, 11) is 1.08. The number of hydrogen-bond donors (Lipinski definition) is 0. The van der Waals surface area contributed by atoms with Crippen LogP contribution in [0.3, 0.4) is 0 Å². The second-order valence-electron chi connectivity index (χ2n) is 5.35. The summed E-state index contributed by atoms with van der Waals surface area (Å²) in [5, 5.41) is 0. The van der Waals surface area contributed by atoms with Crippen molar-refractivity contribution < 1.29 is 17.9 Å². The molecule has 0 aliphatic heterocycles. The van der Waals surface area contributed by atoms with Crippen molar-refractivity contribution in [2.75, 3.05) is 21.3 Å². The fourth-order valence-corrected chi connectivity index (χ4v) is 3.75. The van der Waals surface area contributed by atoms with Crippen molar-refractivity contribution in [3.05, 3.63) is 52.0 Å². The largest absolute Gasteiger partial charge is 0.497 e. The Kier molecular flexibility index (Phi) is 5.90. The van der Waals surface area contributed by atoms with Crippen molar-refractivity contribution >= 4 is 26.0 Å². The molecule has 0 unspecified atom stereocenters. The van der Waals surface area contributed by atoms with Crippen LogP contribution in [0.25, 0.3) is 0 Å². The van der Waals surface area contributed by atoms with Crippen LogP contribution in [0.2, 0.25) is 0 Å². The van der Waals surface area contributed by atoms with Gasteiger partial charge in [-0.15, -0.1) is 0 Å². The van der Waals surface area contributed by atoms with Crippen molar-refractivity contribution in [2.45, 2.75) is 18.4 Å². The van der Waals surface area contributed by atoms with Gasteiger partial charge < -0.3 is 9.47 Å². The Balaban J connectivity index is 2.31. The molecule has 0 radical (unpaired) electrons. The third-order valence-electron chi connectivity index (χ3n) is 3.72. The summed E-state index contributed by atoms with van der Waals surface area (Å²) in [6.07, 6.45) is 0. The van der Waals surface area contributed by atoms with E-state index in [9.17, 15) is 8.42 Å². The Morgan fingerprint density at radius 3 is 2.38 bits per heavy atom. The third kappa shape index (κ3) is 3.91. The summed E-state index contributed by atoms with van der Waals surface area (Å²) in [6.45, 7) is 2.06. The predicted octanol–water partition coefficient (Wildman–Crippen LogP) is 3.60. The monoisotopic (exact) mass is 413 g/mol. The van der Waals surface area contributed by atoms with Gasteiger partial charge in [0, 0.05) is 29.7 Å². The van der Waals surface area contributed by atoms with Gasteiger partial charge in [-0.05, 0) is 36.8 Å². The van der Waals surface area contributed by atoms with Gasteiger partial charge in [-0.2, -0.15) is 4.31 Å². The minimum Gasteiger partial charge on any atom is -0.497 e. The average Bonchev–Trinajstić information content (AvgIpc) is 2.57. The lowest BCUT2D eigenvalue weighted by molar-refractivity contribution is 0.384. The molecule has 0 saturated carbocycles. The minimum absolute atomic E-state index is 0.199. The summed E-state index contributed by atoms with van der Waals surface area (Å²) in [5.74, 6) is 1.24. The minimum atomic E-state index is -3.59. The molecule has 5 nitrogen and oxygen atoms in total. The number of hydrogen-bond acceptors (Lipinski definition) is 4. The van der Waals surface area contributed by atoms with E-state index in [2.05, 4.69) is 15.9 Å². The number of benzene rings is 2. The lowest BCUT2D eigenvalue weighted by Crippen LogP contribution is -2.26. The Bertz CT molecular complexity index is 836. The van der Waals surface area contributed by atoms with Crippen molar-refractivity contribution in [2.24, 2.45) is 0 Å². The molecule has 130 valence electrons. The van der Waals surface area contributed by atoms with Crippen LogP contribution in [0.15, 0.2) is 45.8 Å². The first kappa shape index (κ1) is 18.8. The third-order valence-corrected chi connectivity index (χ3v) is 6.41. The molecular weight excluding hydrogens is 394 g/mol. The molecule has 0 atom stereocenters. The molecule has 2 rings (SSSR count). The zero-order valence-electron chi connectivity index (χ0n) is 14.0. The molecule has 7 heteroatoms. The van der Waals surface area contributed by atoms with Crippen LogP contribution < -0.4 is 9.47 Å². The van der Waals surface area contributed by atoms with Gasteiger partial charge in [0.05, 0.1) is 19.1 Å². The first-order valence-electron chi connectivity index (χ1n) is 7.23. The summed E-state index contributed by atoms with van der Waals surface area (Å²) in [5.41, 5.74) is 1.63. The first-order valence-corrected chi connectivity index (χ1v) is 9.46. The lowest BCUT2D eigenvalue weighted by atomic mass is 10.2. The van der Waals surface area contributed by atoms with E-state index in [4.69, 9.17) is 9.47 Å². The molecule has 0 aliphatic carbocycles. The number of halogens is 1. The molecule has 24 heavy (non-hydrogen) atoms. The van der Waals surface area contributed by atoms with Crippen molar-refractivity contribution in [1.29, 1.82) is 0 Å². The SMILES string of the molecule is COc1ccc(CN(C)S(=O)(=O)c2ccc(Br)c(C)c2)c(OC)c1. The maximum atomic E-state index is 12.8. The Labute approximate surface area is 151 Å². The van der Waals surface area contributed by atoms with Crippen LogP contribution in [0, 0.1) is 6.92 Å². The van der Waals surface area contributed by atoms with E-state index in [0.717, 1.165) is 15.6 Å². The van der Waals surface area contributed by atoms with Gasteiger partial charge in [-0.25, -0.2) is 8.42 Å². The number of methoxy groups -OCH3 is 2. The van der Waals surface area contributed by atoms with Gasteiger partial charge in [-0.1, -0.05) is 22.0 Å². The van der Waals surface area contributed by atoms with Gasteiger partial charge in [0.2, 0.25) is 10.0 Å². The van der Waals surface area contributed by atoms with Crippen LogP contribution in [0.4, 0.5) is 0 Å². The van der Waals surface area contributed by atoms with Crippen LogP contribution in [0.1, 0.15) is 11.1 Å². The second-order valence-corrected chi connectivity index (χ2v) is 8.25. The van der Waals surface area contributed by atoms with E-state index in [-0.39, 0.29) is 11.4 Å². The molecule has 2 aromatic rings. The fourth-order valence-electron chi connectivity index (χ4n) is 2.26. The second kappa shape index (κ2) is 7.55. The Morgan fingerprint density at radius 1 is 1.08 bits per heavy atom. The maximum absolute atomic E-state index is 12.8. The lowest BCUT2D eigenvalue weighted by Gasteiger charge is -2.19. The number of rotatable bonds is 6. The highest BCUT2D eigenvalue weighted by molar-refractivity contribution is 9.10. The summed E-state index contributed by atoms with van der Waals surface area (Å²) in [6, 6.07) is 10.3. The summed E-state index contributed by atoms with van der Waals surface area (Å²) in [4.78, 5) is 0.262. The Morgan fingerprint density at radius 2 is 1.79 bits per heavy atom. The number of nitrogens with zero attached hydrogens (tertiary/aromatic N) is 1. The van der Waals surface area contributed by atoms with E-state index in [0.29, 0.717) is 11.5 Å². The molecule has 0 amide bonds. The zero-order chi connectivity index (χ0) is 17.9. The van der Waals surface area contributed by atoms with E-state index in [1.165, 1.54) is 4.31 Å². The number of ether oxygens (including phenoxy) is 2. The predicted molar refractivity (Wildman–Crippen MR) is 97.1 cm³/mol. The topological polar surface area (TPSA) is 55.8 Å². The van der Waals surface area contributed by atoms with E-state index >= 15 is 0 Å². The van der Waals surface area contributed by atoms with E-state index in [1.54, 1.807) is 57.7 Å². The van der Waals surface area contributed by atoms with Gasteiger partial charge >= 0.3 is 0 Å². The molecule has 0 bridgehead atoms. The quantitative estimate of drug-likeness (QED) is 0.725. The average molecular weight is 414 g/mol. The fraction of sp³-hybridized carbons (Fsp3) is 0.294. The normalized spacial score (nSPS) is 11.6. The van der Waals surface area contributed by atoms with Crippen LogP contribution in [-0.2, 0) is 16.6 Å². The van der Waals surface area contributed by atoms with E-state index in [1.807, 2.05) is 6.92 Å². The zero-order valence-corrected chi connectivity index (χ0v) is 16.4. The molecule has 2 aromatic carbocycles. The number of aryl methyl sites for hydroxylation is 1. The van der Waals surface area contributed by atoms with Crippen molar-refractivity contribution in [1.82, 2.24) is 4.31 Å². The van der Waals surface area contributed by atoms with Crippen LogP contribution >= 0.6 is 15.9 Å². The highest BCUT2D eigenvalue weighted by Gasteiger charge is 2.22. The van der Waals surface area contributed by atoms with Gasteiger partial charge in [0.1, 0.15) is 11.5 Å².